The predicted octanol–water partition coefficient (Wildman–Crippen LogP) is 3.66. The van der Waals surface area contributed by atoms with Gasteiger partial charge >= 0.3 is 12.1 Å². The summed E-state index contributed by atoms with van der Waals surface area (Å²) in [6.45, 7) is 8.43. The summed E-state index contributed by atoms with van der Waals surface area (Å²) >= 11 is 0. The first-order chi connectivity index (χ1) is 9.97. The van der Waals surface area contributed by atoms with Crippen molar-refractivity contribution in [2.45, 2.75) is 72.3 Å². The van der Waals surface area contributed by atoms with E-state index in [1.807, 2.05) is 13.8 Å². The van der Waals surface area contributed by atoms with Crippen molar-refractivity contribution in [1.82, 2.24) is 5.32 Å². The lowest BCUT2D eigenvalue weighted by Crippen LogP contribution is -2.40. The number of carbonyl (C=O) groups excluding carboxylic acids is 2. The van der Waals surface area contributed by atoms with E-state index in [1.165, 1.54) is 25.7 Å². The Bertz CT molecular complexity index is 292. The molecular formula is C16H31NO4. The quantitative estimate of drug-likeness (QED) is 0.467. The van der Waals surface area contributed by atoms with E-state index in [0.29, 0.717) is 13.2 Å². The van der Waals surface area contributed by atoms with Gasteiger partial charge in [0.15, 0.2) is 0 Å². The highest BCUT2D eigenvalue weighted by atomic mass is 16.6. The molecule has 0 aliphatic rings. The van der Waals surface area contributed by atoms with Crippen LogP contribution in [0.15, 0.2) is 0 Å². The lowest BCUT2D eigenvalue weighted by atomic mass is 10.1. The minimum atomic E-state index is -0.676. The van der Waals surface area contributed by atoms with Gasteiger partial charge in [-0.15, -0.1) is 0 Å². The van der Waals surface area contributed by atoms with Crippen molar-refractivity contribution in [1.29, 1.82) is 0 Å². The van der Waals surface area contributed by atoms with Crippen LogP contribution in [0.25, 0.3) is 0 Å². The van der Waals surface area contributed by atoms with Crippen LogP contribution in [0.1, 0.15) is 66.2 Å². The molecular weight excluding hydrogens is 270 g/mol. The highest BCUT2D eigenvalue weighted by Crippen LogP contribution is 2.05. The molecule has 124 valence electrons. The largest absolute Gasteiger partial charge is 0.464 e. The number of ether oxygens (including phenoxy) is 2. The first-order valence-corrected chi connectivity index (χ1v) is 8.07. The molecule has 0 aliphatic heterocycles. The van der Waals surface area contributed by atoms with E-state index in [-0.39, 0.29) is 5.92 Å². The molecule has 0 fully saturated rings. The zero-order chi connectivity index (χ0) is 16.1. The minimum Gasteiger partial charge on any atom is -0.464 e. The summed E-state index contributed by atoms with van der Waals surface area (Å²) in [7, 11) is 0. The fourth-order valence-electron chi connectivity index (χ4n) is 1.70. The summed E-state index contributed by atoms with van der Waals surface area (Å²) in [5.41, 5.74) is 0. The maximum Gasteiger partial charge on any atom is 0.407 e. The zero-order valence-corrected chi connectivity index (χ0v) is 13.9. The van der Waals surface area contributed by atoms with Crippen molar-refractivity contribution in [3.63, 3.8) is 0 Å². The molecule has 5 heteroatoms. The number of amides is 1. The normalized spacial score (nSPS) is 12.0. The van der Waals surface area contributed by atoms with Crippen molar-refractivity contribution in [2.75, 3.05) is 13.2 Å². The fourth-order valence-corrected chi connectivity index (χ4v) is 1.70. The maximum absolute atomic E-state index is 11.7. The van der Waals surface area contributed by atoms with Gasteiger partial charge in [-0.1, -0.05) is 52.9 Å². The number of rotatable bonds is 11. The number of hydrogen-bond acceptors (Lipinski definition) is 4. The van der Waals surface area contributed by atoms with Gasteiger partial charge in [0.2, 0.25) is 0 Å². The summed E-state index contributed by atoms with van der Waals surface area (Å²) in [6, 6.07) is -0.676. The molecule has 1 unspecified atom stereocenters. The third-order valence-corrected chi connectivity index (χ3v) is 2.98. The lowest BCUT2D eigenvalue weighted by Gasteiger charge is -2.14. The number of carbonyl (C=O) groups is 2. The first kappa shape index (κ1) is 19.7. The van der Waals surface area contributed by atoms with Crippen LogP contribution in [0.4, 0.5) is 4.79 Å². The second-order valence-electron chi connectivity index (χ2n) is 5.79. The molecule has 1 atom stereocenters. The van der Waals surface area contributed by atoms with Crippen LogP contribution >= 0.6 is 0 Å². The van der Waals surface area contributed by atoms with Crippen LogP contribution in [0, 0.1) is 5.92 Å². The van der Waals surface area contributed by atoms with E-state index in [2.05, 4.69) is 12.2 Å². The van der Waals surface area contributed by atoms with Gasteiger partial charge < -0.3 is 14.8 Å². The fraction of sp³-hybridized carbons (Fsp3) is 0.875. The molecule has 0 aliphatic carbocycles. The van der Waals surface area contributed by atoms with Gasteiger partial charge in [0.1, 0.15) is 6.04 Å². The van der Waals surface area contributed by atoms with Gasteiger partial charge in [-0.25, -0.2) is 9.59 Å². The van der Waals surface area contributed by atoms with Crippen LogP contribution in [-0.2, 0) is 14.3 Å². The van der Waals surface area contributed by atoms with Crippen LogP contribution in [-0.4, -0.2) is 31.3 Å². The number of hydrogen-bond donors (Lipinski definition) is 1. The number of alkyl carbamates (subject to hydrolysis) is 1. The van der Waals surface area contributed by atoms with E-state index >= 15 is 0 Å². The summed E-state index contributed by atoms with van der Waals surface area (Å²) in [5.74, 6) is -0.143. The molecule has 0 aromatic heterocycles. The topological polar surface area (TPSA) is 64.6 Å². The van der Waals surface area contributed by atoms with E-state index < -0.39 is 18.1 Å². The molecule has 0 aromatic rings. The smallest absolute Gasteiger partial charge is 0.407 e. The Morgan fingerprint density at radius 3 is 2.19 bits per heavy atom. The number of unbranched alkanes of at least 4 members (excludes halogenated alkanes) is 5. The second kappa shape index (κ2) is 12.5. The lowest BCUT2D eigenvalue weighted by molar-refractivity contribution is -0.145. The van der Waals surface area contributed by atoms with Crippen molar-refractivity contribution in [3.8, 4) is 0 Å². The Labute approximate surface area is 128 Å². The molecule has 0 rings (SSSR count). The predicted molar refractivity (Wildman–Crippen MR) is 83.1 cm³/mol. The Morgan fingerprint density at radius 2 is 1.57 bits per heavy atom. The van der Waals surface area contributed by atoms with Gasteiger partial charge in [0.05, 0.1) is 13.2 Å². The molecule has 1 amide bonds. The summed E-state index contributed by atoms with van der Waals surface area (Å²) in [4.78, 5) is 23.1. The molecule has 0 saturated heterocycles. The SMILES string of the molecule is CCCCCCCCOC(=O)C(C)NC(=O)OCC(C)C. The van der Waals surface area contributed by atoms with Crippen molar-refractivity contribution < 1.29 is 19.1 Å². The highest BCUT2D eigenvalue weighted by Gasteiger charge is 2.17. The Balaban J connectivity index is 3.63. The average Bonchev–Trinajstić information content (AvgIpc) is 2.43. The van der Waals surface area contributed by atoms with Crippen molar-refractivity contribution in [2.24, 2.45) is 5.92 Å². The Morgan fingerprint density at radius 1 is 0.952 bits per heavy atom. The average molecular weight is 301 g/mol. The monoisotopic (exact) mass is 301 g/mol. The van der Waals surface area contributed by atoms with E-state index in [9.17, 15) is 9.59 Å². The van der Waals surface area contributed by atoms with Crippen molar-refractivity contribution in [3.05, 3.63) is 0 Å². The molecule has 1 N–H and O–H groups in total. The molecule has 0 saturated carbocycles. The number of nitrogens with one attached hydrogen (secondary N) is 1. The van der Waals surface area contributed by atoms with Crippen LogP contribution in [0.5, 0.6) is 0 Å². The van der Waals surface area contributed by atoms with E-state index in [0.717, 1.165) is 12.8 Å². The molecule has 0 heterocycles. The molecule has 0 radical (unpaired) electrons. The van der Waals surface area contributed by atoms with Gasteiger partial charge in [0.25, 0.3) is 0 Å². The summed E-state index contributed by atoms with van der Waals surface area (Å²) in [5, 5.41) is 2.47. The third-order valence-electron chi connectivity index (χ3n) is 2.98. The molecule has 5 nitrogen and oxygen atoms in total. The molecule has 0 bridgehead atoms. The van der Waals surface area contributed by atoms with E-state index in [1.54, 1.807) is 6.92 Å². The molecule has 0 aromatic carbocycles. The molecule has 21 heavy (non-hydrogen) atoms. The summed E-state index contributed by atoms with van der Waals surface area (Å²) in [6.07, 6.45) is 6.29. The standard InChI is InChI=1S/C16H31NO4/c1-5-6-7-8-9-10-11-20-15(18)14(4)17-16(19)21-12-13(2)3/h13-14H,5-12H2,1-4H3,(H,17,19). The Kier molecular flexibility index (Phi) is 11.7. The second-order valence-corrected chi connectivity index (χ2v) is 5.79. The first-order valence-electron chi connectivity index (χ1n) is 8.07. The van der Waals surface area contributed by atoms with Gasteiger partial charge in [-0.3, -0.25) is 0 Å². The van der Waals surface area contributed by atoms with Crippen LogP contribution in [0.2, 0.25) is 0 Å². The van der Waals surface area contributed by atoms with Gasteiger partial charge in [0, 0.05) is 0 Å². The molecule has 0 spiro atoms. The number of esters is 1. The highest BCUT2D eigenvalue weighted by molar-refractivity contribution is 5.80. The van der Waals surface area contributed by atoms with Crippen molar-refractivity contribution >= 4 is 12.1 Å². The summed E-state index contributed by atoms with van der Waals surface area (Å²) < 4.78 is 10.1. The maximum atomic E-state index is 11.7. The zero-order valence-electron chi connectivity index (χ0n) is 13.9. The third kappa shape index (κ3) is 12.2. The Hall–Kier alpha value is -1.26. The van der Waals surface area contributed by atoms with Gasteiger partial charge in [-0.2, -0.15) is 0 Å². The minimum absolute atomic E-state index is 0.269. The van der Waals surface area contributed by atoms with E-state index in [4.69, 9.17) is 9.47 Å². The van der Waals surface area contributed by atoms with Gasteiger partial charge in [-0.05, 0) is 19.3 Å². The van der Waals surface area contributed by atoms with Crippen LogP contribution in [0.3, 0.4) is 0 Å². The van der Waals surface area contributed by atoms with Crippen LogP contribution < -0.4 is 5.32 Å².